The molecule has 0 unspecified atom stereocenters. The number of para-hydroxylation sites is 2. The minimum Gasteiger partial charge on any atom is -0.299 e. The van der Waals surface area contributed by atoms with Gasteiger partial charge in [0.2, 0.25) is 5.91 Å². The third-order valence-corrected chi connectivity index (χ3v) is 6.72. The van der Waals surface area contributed by atoms with E-state index in [9.17, 15) is 13.2 Å². The van der Waals surface area contributed by atoms with Crippen LogP contribution in [0.4, 0.5) is 0 Å². The van der Waals surface area contributed by atoms with Gasteiger partial charge in [0.05, 0.1) is 34.2 Å². The number of benzene rings is 2. The number of hydrogen-bond acceptors (Lipinski definition) is 5. The summed E-state index contributed by atoms with van der Waals surface area (Å²) in [7, 11) is -3.09. The molecule has 0 saturated carbocycles. The van der Waals surface area contributed by atoms with Crippen LogP contribution in [0.25, 0.3) is 16.7 Å². The predicted octanol–water partition coefficient (Wildman–Crippen LogP) is 2.30. The largest absolute Gasteiger partial charge is 0.299 e. The van der Waals surface area contributed by atoms with Crippen LogP contribution in [0.2, 0.25) is 0 Å². The fourth-order valence-corrected chi connectivity index (χ4v) is 5.07. The number of carbonyl (C=O) groups excluding carboxylic acids is 1. The van der Waals surface area contributed by atoms with Crippen LogP contribution in [-0.2, 0) is 14.6 Å². The van der Waals surface area contributed by atoms with Crippen molar-refractivity contribution >= 4 is 32.5 Å². The first-order valence-corrected chi connectivity index (χ1v) is 10.8. The molecule has 144 valence electrons. The Morgan fingerprint density at radius 3 is 2.64 bits per heavy atom. The van der Waals surface area contributed by atoms with Gasteiger partial charge in [-0.2, -0.15) is 5.10 Å². The number of amides is 1. The Labute approximate surface area is 163 Å². The molecular formula is C20H20N4O3S. The summed E-state index contributed by atoms with van der Waals surface area (Å²) in [6.07, 6.45) is 2.15. The average Bonchev–Trinajstić information content (AvgIpc) is 3.29. The SMILES string of the molecule is C/C(=N/NC(=O)[C@H]1CCS(=O)(=O)C1)c1ccc(-n2cnc3ccccc32)cc1. The lowest BCUT2D eigenvalue weighted by atomic mass is 10.1. The summed E-state index contributed by atoms with van der Waals surface area (Å²) in [6.45, 7) is 1.80. The molecule has 1 aromatic heterocycles. The number of imidazole rings is 1. The van der Waals surface area contributed by atoms with Gasteiger partial charge in [-0.3, -0.25) is 9.36 Å². The highest BCUT2D eigenvalue weighted by Gasteiger charge is 2.32. The molecule has 8 heteroatoms. The van der Waals surface area contributed by atoms with Crippen molar-refractivity contribution in [3.05, 3.63) is 60.4 Å². The van der Waals surface area contributed by atoms with Crippen molar-refractivity contribution in [2.24, 2.45) is 11.0 Å². The van der Waals surface area contributed by atoms with Crippen LogP contribution < -0.4 is 5.43 Å². The fraction of sp³-hybridized carbons (Fsp3) is 0.250. The minimum absolute atomic E-state index is 0.0676. The van der Waals surface area contributed by atoms with Crippen LogP contribution in [0.5, 0.6) is 0 Å². The van der Waals surface area contributed by atoms with E-state index in [0.29, 0.717) is 12.1 Å². The van der Waals surface area contributed by atoms with Gasteiger partial charge >= 0.3 is 0 Å². The zero-order chi connectivity index (χ0) is 19.7. The van der Waals surface area contributed by atoms with E-state index in [0.717, 1.165) is 22.3 Å². The molecule has 28 heavy (non-hydrogen) atoms. The topological polar surface area (TPSA) is 93.4 Å². The normalized spacial score (nSPS) is 19.0. The van der Waals surface area contributed by atoms with E-state index >= 15 is 0 Å². The number of hydrazone groups is 1. The number of fused-ring (bicyclic) bond motifs is 1. The highest BCUT2D eigenvalue weighted by Crippen LogP contribution is 2.19. The van der Waals surface area contributed by atoms with Gasteiger partial charge in [-0.15, -0.1) is 0 Å². The standard InChI is InChI=1S/C20H20N4O3S/c1-14(22-23-20(25)16-10-11-28(26,27)12-16)15-6-8-17(9-7-15)24-13-21-18-4-2-3-5-19(18)24/h2-9,13,16H,10-12H2,1H3,(H,23,25)/b22-14-/t16-/m0/s1. The second-order valence-corrected chi connectivity index (χ2v) is 9.15. The van der Waals surface area contributed by atoms with Crippen LogP contribution in [0, 0.1) is 5.92 Å². The second-order valence-electron chi connectivity index (χ2n) is 6.92. The van der Waals surface area contributed by atoms with Gasteiger partial charge in [-0.05, 0) is 43.2 Å². The first kappa shape index (κ1) is 18.4. The van der Waals surface area contributed by atoms with Crippen LogP contribution in [0.15, 0.2) is 60.0 Å². The number of hydrogen-bond donors (Lipinski definition) is 1. The van der Waals surface area contributed by atoms with Crippen LogP contribution in [0.1, 0.15) is 18.9 Å². The van der Waals surface area contributed by atoms with Gasteiger partial charge in [-0.1, -0.05) is 24.3 Å². The fourth-order valence-electron chi connectivity index (χ4n) is 3.32. The van der Waals surface area contributed by atoms with Gasteiger partial charge in [-0.25, -0.2) is 18.8 Å². The summed E-state index contributed by atoms with van der Waals surface area (Å²) in [4.78, 5) is 16.5. The molecule has 1 fully saturated rings. The molecule has 0 bridgehead atoms. The number of carbonyl (C=O) groups is 1. The molecular weight excluding hydrogens is 376 g/mol. The van der Waals surface area contributed by atoms with Gasteiger partial charge in [0.1, 0.15) is 6.33 Å². The van der Waals surface area contributed by atoms with Crippen molar-refractivity contribution in [2.75, 3.05) is 11.5 Å². The van der Waals surface area contributed by atoms with Crippen LogP contribution >= 0.6 is 0 Å². The first-order chi connectivity index (χ1) is 13.4. The number of sulfone groups is 1. The molecule has 1 aliphatic rings. The van der Waals surface area contributed by atoms with E-state index in [1.807, 2.05) is 53.1 Å². The van der Waals surface area contributed by atoms with Crippen molar-refractivity contribution in [1.82, 2.24) is 15.0 Å². The molecule has 4 rings (SSSR count). The summed E-state index contributed by atoms with van der Waals surface area (Å²) < 4.78 is 25.0. The molecule has 1 N–H and O–H groups in total. The van der Waals surface area contributed by atoms with E-state index in [4.69, 9.17) is 0 Å². The summed E-state index contributed by atoms with van der Waals surface area (Å²) in [6, 6.07) is 15.7. The summed E-state index contributed by atoms with van der Waals surface area (Å²) in [5.41, 5.74) is 6.95. The molecule has 1 amide bonds. The van der Waals surface area contributed by atoms with Gasteiger partial charge in [0.15, 0.2) is 9.84 Å². The maximum Gasteiger partial charge on any atom is 0.244 e. The maximum absolute atomic E-state index is 12.1. The summed E-state index contributed by atoms with van der Waals surface area (Å²) in [5, 5.41) is 4.13. The number of aromatic nitrogens is 2. The molecule has 1 saturated heterocycles. The third kappa shape index (κ3) is 3.68. The van der Waals surface area contributed by atoms with Crippen LogP contribution in [-0.4, -0.2) is 41.1 Å². The smallest absolute Gasteiger partial charge is 0.244 e. The van der Waals surface area contributed by atoms with Crippen molar-refractivity contribution in [3.63, 3.8) is 0 Å². The Hall–Kier alpha value is -3.00. The summed E-state index contributed by atoms with van der Waals surface area (Å²) >= 11 is 0. The van der Waals surface area contributed by atoms with Gasteiger partial charge in [0, 0.05) is 5.69 Å². The Morgan fingerprint density at radius 1 is 1.18 bits per heavy atom. The second kappa shape index (κ2) is 7.20. The lowest BCUT2D eigenvalue weighted by molar-refractivity contribution is -0.124. The summed E-state index contributed by atoms with van der Waals surface area (Å²) in [5.74, 6) is -0.889. The van der Waals surface area contributed by atoms with Gasteiger partial charge in [0.25, 0.3) is 0 Å². The Kier molecular flexibility index (Phi) is 4.72. The molecule has 2 aromatic carbocycles. The van der Waals surface area contributed by atoms with E-state index in [-0.39, 0.29) is 17.4 Å². The van der Waals surface area contributed by atoms with Crippen molar-refractivity contribution in [3.8, 4) is 5.69 Å². The molecule has 1 atom stereocenters. The molecule has 0 radical (unpaired) electrons. The van der Waals surface area contributed by atoms with Crippen molar-refractivity contribution in [1.29, 1.82) is 0 Å². The average molecular weight is 396 g/mol. The molecule has 7 nitrogen and oxygen atoms in total. The van der Waals surface area contributed by atoms with Crippen molar-refractivity contribution < 1.29 is 13.2 Å². The quantitative estimate of drug-likeness (QED) is 0.541. The Morgan fingerprint density at radius 2 is 1.93 bits per heavy atom. The maximum atomic E-state index is 12.1. The monoisotopic (exact) mass is 396 g/mol. The lowest BCUT2D eigenvalue weighted by Gasteiger charge is -2.08. The predicted molar refractivity (Wildman–Crippen MR) is 108 cm³/mol. The van der Waals surface area contributed by atoms with E-state index in [1.165, 1.54) is 0 Å². The van der Waals surface area contributed by atoms with E-state index in [2.05, 4.69) is 15.5 Å². The molecule has 1 aliphatic heterocycles. The molecule has 3 aromatic rings. The zero-order valence-electron chi connectivity index (χ0n) is 15.4. The lowest BCUT2D eigenvalue weighted by Crippen LogP contribution is -2.28. The molecule has 0 spiro atoms. The van der Waals surface area contributed by atoms with E-state index < -0.39 is 15.8 Å². The number of nitrogens with one attached hydrogen (secondary N) is 1. The zero-order valence-corrected chi connectivity index (χ0v) is 16.2. The molecule has 0 aliphatic carbocycles. The number of rotatable bonds is 4. The third-order valence-electron chi connectivity index (χ3n) is 4.95. The first-order valence-electron chi connectivity index (χ1n) is 9.00. The number of nitrogens with zero attached hydrogens (tertiary/aromatic N) is 3. The highest BCUT2D eigenvalue weighted by molar-refractivity contribution is 7.91. The Balaban J connectivity index is 1.47. The molecule has 2 heterocycles. The highest BCUT2D eigenvalue weighted by atomic mass is 32.2. The minimum atomic E-state index is -3.09. The Bertz CT molecular complexity index is 1160. The van der Waals surface area contributed by atoms with Crippen LogP contribution in [0.3, 0.4) is 0 Å². The van der Waals surface area contributed by atoms with Gasteiger partial charge < -0.3 is 0 Å². The van der Waals surface area contributed by atoms with Crippen molar-refractivity contribution in [2.45, 2.75) is 13.3 Å². The van der Waals surface area contributed by atoms with E-state index in [1.54, 1.807) is 13.3 Å².